The third-order valence-corrected chi connectivity index (χ3v) is 4.04. The van der Waals surface area contributed by atoms with E-state index in [9.17, 15) is 0 Å². The first kappa shape index (κ1) is 16.0. The first-order valence-electron chi connectivity index (χ1n) is 6.00. The van der Waals surface area contributed by atoms with Gasteiger partial charge in [-0.3, -0.25) is 9.80 Å². The summed E-state index contributed by atoms with van der Waals surface area (Å²) in [5, 5.41) is 0. The van der Waals surface area contributed by atoms with Crippen LogP contribution in [-0.4, -0.2) is 84.1 Å². The van der Waals surface area contributed by atoms with Crippen molar-refractivity contribution in [3.8, 4) is 0 Å². The SMILES string of the molecule is ClN1CCN2CCN(Cl)CCN(CC1)CC2.[Mn+2]. The van der Waals surface area contributed by atoms with E-state index in [2.05, 4.69) is 9.80 Å². The molecule has 0 spiro atoms. The van der Waals surface area contributed by atoms with Gasteiger partial charge in [0.15, 0.2) is 0 Å². The van der Waals surface area contributed by atoms with Crippen LogP contribution in [0.1, 0.15) is 0 Å². The molecule has 0 unspecified atom stereocenters. The maximum absolute atomic E-state index is 6.14. The van der Waals surface area contributed by atoms with Gasteiger partial charge in [0.1, 0.15) is 0 Å². The zero-order chi connectivity index (χ0) is 11.4. The molecule has 2 saturated heterocycles. The van der Waals surface area contributed by atoms with Gasteiger partial charge in [-0.05, 0) is 23.6 Å². The molecule has 2 fully saturated rings. The summed E-state index contributed by atoms with van der Waals surface area (Å²) in [6.45, 7) is 10.2. The zero-order valence-corrected chi connectivity index (χ0v) is 12.7. The van der Waals surface area contributed by atoms with Gasteiger partial charge in [-0.15, -0.1) is 0 Å². The first-order chi connectivity index (χ1) is 7.74. The van der Waals surface area contributed by atoms with Crippen molar-refractivity contribution in [3.63, 3.8) is 0 Å². The van der Waals surface area contributed by atoms with Crippen LogP contribution in [0.15, 0.2) is 0 Å². The number of halogens is 2. The van der Waals surface area contributed by atoms with E-state index in [1.165, 1.54) is 0 Å². The van der Waals surface area contributed by atoms with E-state index in [1.54, 1.807) is 0 Å². The Morgan fingerprint density at radius 3 is 1.00 bits per heavy atom. The van der Waals surface area contributed by atoms with Crippen molar-refractivity contribution in [1.82, 2.24) is 18.6 Å². The van der Waals surface area contributed by atoms with Crippen molar-refractivity contribution in [2.45, 2.75) is 0 Å². The molecule has 99 valence electrons. The Bertz CT molecular complexity index is 184. The topological polar surface area (TPSA) is 13.0 Å². The Morgan fingerprint density at radius 1 is 0.471 bits per heavy atom. The normalized spacial score (nSPS) is 33.5. The standard InChI is InChI=1S/C10H20Cl2N4.Mn/c11-15-7-3-13-1-2-14(5-9-15)6-10-16(12)8-4-13;/h1-10H2;/q;+2. The number of hydrogen-bond acceptors (Lipinski definition) is 4. The van der Waals surface area contributed by atoms with Gasteiger partial charge in [-0.2, -0.15) is 0 Å². The number of hydrogen-bond donors (Lipinski definition) is 0. The maximum Gasteiger partial charge on any atom is 2.00 e. The predicted octanol–water partition coefficient (Wildman–Crippen LogP) is 0.527. The van der Waals surface area contributed by atoms with Crippen molar-refractivity contribution in [2.75, 3.05) is 65.4 Å². The van der Waals surface area contributed by atoms with Crippen LogP contribution in [0.3, 0.4) is 0 Å². The van der Waals surface area contributed by atoms with E-state index < -0.39 is 0 Å². The number of fused-ring (bicyclic) bond motifs is 3. The van der Waals surface area contributed by atoms with E-state index in [1.807, 2.05) is 8.84 Å². The molecule has 7 heteroatoms. The van der Waals surface area contributed by atoms with Crippen LogP contribution >= 0.6 is 23.6 Å². The van der Waals surface area contributed by atoms with Crippen LogP contribution in [0, 0.1) is 0 Å². The van der Waals surface area contributed by atoms with Crippen molar-refractivity contribution in [2.24, 2.45) is 0 Å². The van der Waals surface area contributed by atoms with Crippen LogP contribution in [0.25, 0.3) is 0 Å². The Morgan fingerprint density at radius 2 is 0.706 bits per heavy atom. The molecule has 0 N–H and O–H groups in total. The van der Waals surface area contributed by atoms with Gasteiger partial charge in [0, 0.05) is 65.4 Å². The molecular formula is C10H20Cl2MnN4+2. The second kappa shape index (κ2) is 8.18. The number of nitrogens with zero attached hydrogens (tertiary/aromatic N) is 4. The largest absolute Gasteiger partial charge is 2.00 e. The predicted molar refractivity (Wildman–Crippen MR) is 67.7 cm³/mol. The molecule has 2 aliphatic heterocycles. The smallest absolute Gasteiger partial charge is 0.299 e. The minimum absolute atomic E-state index is 0. The summed E-state index contributed by atoms with van der Waals surface area (Å²) in [6.07, 6.45) is 0. The van der Waals surface area contributed by atoms with Crippen LogP contribution in [0.2, 0.25) is 0 Å². The second-order valence-electron chi connectivity index (χ2n) is 4.50. The summed E-state index contributed by atoms with van der Waals surface area (Å²) >= 11 is 12.3. The average Bonchev–Trinajstić information content (AvgIpc) is 2.41. The van der Waals surface area contributed by atoms with Gasteiger partial charge in [-0.25, -0.2) is 8.84 Å². The fraction of sp³-hybridized carbons (Fsp3) is 1.00. The first-order valence-corrected chi connectivity index (χ1v) is 6.68. The minimum Gasteiger partial charge on any atom is -0.299 e. The minimum atomic E-state index is 0. The van der Waals surface area contributed by atoms with Crippen LogP contribution in [0.4, 0.5) is 0 Å². The second-order valence-corrected chi connectivity index (χ2v) is 5.46. The molecule has 0 aromatic rings. The van der Waals surface area contributed by atoms with Crippen molar-refractivity contribution >= 4 is 23.6 Å². The zero-order valence-electron chi connectivity index (χ0n) is 9.99. The molecular weight excluding hydrogens is 302 g/mol. The summed E-state index contributed by atoms with van der Waals surface area (Å²) in [7, 11) is 0. The molecule has 4 nitrogen and oxygen atoms in total. The monoisotopic (exact) mass is 321 g/mol. The van der Waals surface area contributed by atoms with Crippen LogP contribution in [-0.2, 0) is 17.1 Å². The third kappa shape index (κ3) is 5.62. The van der Waals surface area contributed by atoms with E-state index in [0.29, 0.717) is 0 Å². The van der Waals surface area contributed by atoms with E-state index in [-0.39, 0.29) is 17.1 Å². The number of rotatable bonds is 0. The third-order valence-electron chi connectivity index (χ3n) is 3.37. The molecule has 2 bridgehead atoms. The van der Waals surface area contributed by atoms with Gasteiger partial charge in [0.05, 0.1) is 0 Å². The quantitative estimate of drug-likeness (QED) is 0.476. The maximum atomic E-state index is 6.14. The van der Waals surface area contributed by atoms with Crippen LogP contribution < -0.4 is 0 Å². The van der Waals surface area contributed by atoms with Crippen molar-refractivity contribution in [1.29, 1.82) is 0 Å². The summed E-state index contributed by atoms with van der Waals surface area (Å²) in [5.41, 5.74) is 0. The van der Waals surface area contributed by atoms with Crippen molar-refractivity contribution < 1.29 is 17.1 Å². The Kier molecular flexibility index (Phi) is 7.70. The van der Waals surface area contributed by atoms with Gasteiger partial charge >= 0.3 is 17.1 Å². The van der Waals surface area contributed by atoms with E-state index >= 15 is 0 Å². The summed E-state index contributed by atoms with van der Waals surface area (Å²) in [4.78, 5) is 4.91. The van der Waals surface area contributed by atoms with Crippen molar-refractivity contribution in [3.05, 3.63) is 0 Å². The molecule has 2 rings (SSSR count). The average molecular weight is 322 g/mol. The van der Waals surface area contributed by atoms with Gasteiger partial charge in [0.2, 0.25) is 0 Å². The van der Waals surface area contributed by atoms with Gasteiger partial charge in [0.25, 0.3) is 0 Å². The Balaban J connectivity index is 0.00000144. The van der Waals surface area contributed by atoms with Gasteiger partial charge in [-0.1, -0.05) is 0 Å². The van der Waals surface area contributed by atoms with E-state index in [0.717, 1.165) is 65.4 Å². The van der Waals surface area contributed by atoms with E-state index in [4.69, 9.17) is 23.6 Å². The molecule has 2 aliphatic rings. The van der Waals surface area contributed by atoms with Gasteiger partial charge < -0.3 is 0 Å². The molecule has 17 heavy (non-hydrogen) atoms. The fourth-order valence-corrected chi connectivity index (χ4v) is 2.48. The Hall–Kier alpha value is 0.939. The fourth-order valence-electron chi connectivity index (χ4n) is 2.18. The summed E-state index contributed by atoms with van der Waals surface area (Å²) < 4.78 is 3.82. The molecule has 0 saturated carbocycles. The molecule has 0 aliphatic carbocycles. The summed E-state index contributed by atoms with van der Waals surface area (Å²) in [5.74, 6) is 0. The Labute approximate surface area is 124 Å². The molecule has 0 amide bonds. The van der Waals surface area contributed by atoms with Crippen LogP contribution in [0.5, 0.6) is 0 Å². The molecule has 1 radical (unpaired) electrons. The molecule has 0 aromatic heterocycles. The molecule has 2 heterocycles. The molecule has 0 atom stereocenters. The summed E-state index contributed by atoms with van der Waals surface area (Å²) in [6, 6.07) is 0. The molecule has 0 aromatic carbocycles.